The minimum Gasteiger partial charge on any atom is -0.494 e. The van der Waals surface area contributed by atoms with Gasteiger partial charge in [0.25, 0.3) is 11.8 Å². The van der Waals surface area contributed by atoms with Crippen molar-refractivity contribution in [3.8, 4) is 5.75 Å². The molecule has 1 atom stereocenters. The lowest BCUT2D eigenvalue weighted by Gasteiger charge is -2.22. The molecule has 7 nitrogen and oxygen atoms in total. The van der Waals surface area contributed by atoms with Gasteiger partial charge in [-0.05, 0) is 87.1 Å². The van der Waals surface area contributed by atoms with Gasteiger partial charge in [-0.3, -0.25) is 9.59 Å². The molecule has 1 aliphatic carbocycles. The van der Waals surface area contributed by atoms with E-state index < -0.39 is 17.8 Å². The maximum Gasteiger partial charge on any atom is 0.333 e. The lowest BCUT2D eigenvalue weighted by molar-refractivity contribution is -0.197. The average molecular weight is 479 g/mol. The lowest BCUT2D eigenvalue weighted by atomic mass is 9.84. The Morgan fingerprint density at radius 3 is 2.43 bits per heavy atom. The van der Waals surface area contributed by atoms with Crippen LogP contribution in [0.25, 0.3) is 0 Å². The Labute approximate surface area is 207 Å². The Hall–Kier alpha value is -3.19. The van der Waals surface area contributed by atoms with E-state index in [1.54, 1.807) is 0 Å². The summed E-state index contributed by atoms with van der Waals surface area (Å²) in [5, 5.41) is 0.586. The number of ether oxygens (including phenoxy) is 1. The molecule has 7 heteroatoms. The fourth-order valence-electron chi connectivity index (χ4n) is 4.90. The third-order valence-corrected chi connectivity index (χ3v) is 6.68. The molecule has 0 radical (unpaired) electrons. The molecule has 1 fully saturated rings. The highest BCUT2D eigenvalue weighted by atomic mass is 16.7. The van der Waals surface area contributed by atoms with Gasteiger partial charge >= 0.3 is 5.97 Å². The molecule has 1 saturated heterocycles. The van der Waals surface area contributed by atoms with Gasteiger partial charge in [-0.25, -0.2) is 4.79 Å². The lowest BCUT2D eigenvalue weighted by Crippen LogP contribution is -2.32. The number of amides is 2. The van der Waals surface area contributed by atoms with Crippen LogP contribution in [0.5, 0.6) is 5.75 Å². The standard InChI is InChI=1S/C28H34N2O5/c1-29(2)17-5-9-25-23-8-4-3-7-20(23)11-12-21-19-22(13-14-24(21)25)34-18-6-10-28(33)35-30-26(31)15-16-27(30)32/h3-4,7-8,13-14,19,25H,5-6,9-12,15-18H2,1-2H3. The average Bonchev–Trinajstić information content (AvgIpc) is 3.07. The Balaban J connectivity index is 1.35. The maximum absolute atomic E-state index is 12.0. The first-order valence-corrected chi connectivity index (χ1v) is 12.5. The number of aryl methyl sites for hydroxylation is 2. The van der Waals surface area contributed by atoms with Crippen molar-refractivity contribution in [1.29, 1.82) is 0 Å². The van der Waals surface area contributed by atoms with E-state index in [0.29, 0.717) is 24.0 Å². The normalized spacial score (nSPS) is 17.2. The number of benzene rings is 2. The molecule has 0 spiro atoms. The van der Waals surface area contributed by atoms with Crippen molar-refractivity contribution in [2.75, 3.05) is 27.2 Å². The Bertz CT molecular complexity index is 1060. The summed E-state index contributed by atoms with van der Waals surface area (Å²) in [4.78, 5) is 42.2. The summed E-state index contributed by atoms with van der Waals surface area (Å²) < 4.78 is 5.94. The fourth-order valence-corrected chi connectivity index (χ4v) is 4.90. The first-order valence-electron chi connectivity index (χ1n) is 12.5. The molecule has 1 heterocycles. The number of fused-ring (bicyclic) bond motifs is 2. The molecule has 2 aromatic rings. The molecule has 1 aliphatic heterocycles. The van der Waals surface area contributed by atoms with Crippen LogP contribution in [0.1, 0.15) is 66.7 Å². The topological polar surface area (TPSA) is 76.2 Å². The van der Waals surface area contributed by atoms with Crippen molar-refractivity contribution in [3.05, 3.63) is 64.7 Å². The first-order chi connectivity index (χ1) is 16.9. The molecule has 4 rings (SSSR count). The Kier molecular flexibility index (Phi) is 8.18. The SMILES string of the molecule is CN(C)CCCC1c2ccccc2CCc2cc(OCCCC(=O)ON3C(=O)CCC3=O)ccc21. The van der Waals surface area contributed by atoms with Gasteiger partial charge in [-0.15, -0.1) is 5.06 Å². The molecule has 0 N–H and O–H groups in total. The van der Waals surface area contributed by atoms with Gasteiger partial charge in [0, 0.05) is 18.8 Å². The van der Waals surface area contributed by atoms with Crippen LogP contribution in [0.4, 0.5) is 0 Å². The zero-order chi connectivity index (χ0) is 24.8. The van der Waals surface area contributed by atoms with Crippen molar-refractivity contribution in [3.63, 3.8) is 0 Å². The van der Waals surface area contributed by atoms with Crippen LogP contribution >= 0.6 is 0 Å². The Morgan fingerprint density at radius 2 is 1.66 bits per heavy atom. The number of hydroxylamine groups is 2. The molecule has 1 unspecified atom stereocenters. The van der Waals surface area contributed by atoms with Crippen molar-refractivity contribution in [2.45, 2.75) is 57.3 Å². The highest BCUT2D eigenvalue weighted by Gasteiger charge is 2.32. The molecule has 0 bridgehead atoms. The van der Waals surface area contributed by atoms with E-state index in [9.17, 15) is 14.4 Å². The molecular formula is C28H34N2O5. The van der Waals surface area contributed by atoms with Crippen molar-refractivity contribution >= 4 is 17.8 Å². The fraction of sp³-hybridized carbons (Fsp3) is 0.464. The van der Waals surface area contributed by atoms with Crippen molar-refractivity contribution in [2.24, 2.45) is 0 Å². The number of rotatable bonds is 10. The van der Waals surface area contributed by atoms with E-state index in [1.807, 2.05) is 6.07 Å². The predicted molar refractivity (Wildman–Crippen MR) is 132 cm³/mol. The van der Waals surface area contributed by atoms with Crippen LogP contribution in [0, 0.1) is 0 Å². The molecule has 2 amide bonds. The van der Waals surface area contributed by atoms with Crippen molar-refractivity contribution < 1.29 is 24.0 Å². The summed E-state index contributed by atoms with van der Waals surface area (Å²) in [5.74, 6) is -0.362. The van der Waals surface area contributed by atoms with E-state index in [4.69, 9.17) is 9.57 Å². The first kappa shape index (κ1) is 24.9. The monoisotopic (exact) mass is 478 g/mol. The highest BCUT2D eigenvalue weighted by molar-refractivity contribution is 6.01. The zero-order valence-corrected chi connectivity index (χ0v) is 20.6. The number of hydrogen-bond donors (Lipinski definition) is 0. The van der Waals surface area contributed by atoms with E-state index in [0.717, 1.165) is 38.0 Å². The molecule has 2 aliphatic rings. The molecule has 0 aromatic heterocycles. The van der Waals surface area contributed by atoms with Gasteiger partial charge in [-0.1, -0.05) is 30.3 Å². The second kappa shape index (κ2) is 11.5. The second-order valence-electron chi connectivity index (χ2n) is 9.55. The molecule has 35 heavy (non-hydrogen) atoms. The van der Waals surface area contributed by atoms with E-state index in [-0.39, 0.29) is 19.3 Å². The maximum atomic E-state index is 12.0. The van der Waals surface area contributed by atoms with E-state index in [1.165, 1.54) is 22.3 Å². The van der Waals surface area contributed by atoms with Gasteiger partial charge in [0.2, 0.25) is 0 Å². The van der Waals surface area contributed by atoms with Crippen LogP contribution < -0.4 is 4.74 Å². The largest absolute Gasteiger partial charge is 0.494 e. The molecular weight excluding hydrogens is 444 g/mol. The summed E-state index contributed by atoms with van der Waals surface area (Å²) in [6, 6.07) is 15.1. The number of nitrogens with zero attached hydrogens (tertiary/aromatic N) is 2. The van der Waals surface area contributed by atoms with E-state index in [2.05, 4.69) is 55.4 Å². The summed E-state index contributed by atoms with van der Waals surface area (Å²) in [7, 11) is 4.23. The summed E-state index contributed by atoms with van der Waals surface area (Å²) in [6.07, 6.45) is 4.91. The van der Waals surface area contributed by atoms with Gasteiger partial charge in [0.15, 0.2) is 0 Å². The van der Waals surface area contributed by atoms with Crippen LogP contribution in [0.15, 0.2) is 42.5 Å². The van der Waals surface area contributed by atoms with Gasteiger partial charge < -0.3 is 14.5 Å². The van der Waals surface area contributed by atoms with Gasteiger partial charge in [0.1, 0.15) is 5.75 Å². The van der Waals surface area contributed by atoms with Gasteiger partial charge in [0.05, 0.1) is 13.0 Å². The number of carbonyl (C=O) groups excluding carboxylic acids is 3. The summed E-state index contributed by atoms with van der Waals surface area (Å²) in [6.45, 7) is 1.42. The number of hydrogen-bond acceptors (Lipinski definition) is 6. The highest BCUT2D eigenvalue weighted by Crippen LogP contribution is 2.38. The predicted octanol–water partition coefficient (Wildman–Crippen LogP) is 4.03. The van der Waals surface area contributed by atoms with Crippen LogP contribution in [-0.2, 0) is 32.1 Å². The number of imide groups is 1. The van der Waals surface area contributed by atoms with Crippen LogP contribution in [0.2, 0.25) is 0 Å². The third-order valence-electron chi connectivity index (χ3n) is 6.68. The van der Waals surface area contributed by atoms with Gasteiger partial charge in [-0.2, -0.15) is 0 Å². The zero-order valence-electron chi connectivity index (χ0n) is 20.6. The third kappa shape index (κ3) is 6.28. The van der Waals surface area contributed by atoms with Crippen LogP contribution in [-0.4, -0.2) is 55.0 Å². The number of carbonyl (C=O) groups is 3. The minimum atomic E-state index is -0.600. The smallest absolute Gasteiger partial charge is 0.333 e. The molecule has 0 saturated carbocycles. The van der Waals surface area contributed by atoms with Crippen molar-refractivity contribution in [1.82, 2.24) is 9.96 Å². The quantitative estimate of drug-likeness (QED) is 0.379. The summed E-state index contributed by atoms with van der Waals surface area (Å²) in [5.41, 5.74) is 5.56. The Morgan fingerprint density at radius 1 is 0.943 bits per heavy atom. The second-order valence-corrected chi connectivity index (χ2v) is 9.55. The molecule has 2 aromatic carbocycles. The van der Waals surface area contributed by atoms with E-state index >= 15 is 0 Å². The minimum absolute atomic E-state index is 0.0747. The summed E-state index contributed by atoms with van der Waals surface area (Å²) >= 11 is 0. The molecule has 186 valence electrons. The van der Waals surface area contributed by atoms with Crippen LogP contribution in [0.3, 0.4) is 0 Å².